The zero-order chi connectivity index (χ0) is 17.4. The van der Waals surface area contributed by atoms with E-state index >= 15 is 0 Å². The molecule has 0 radical (unpaired) electrons. The second kappa shape index (κ2) is 6.07. The van der Waals surface area contributed by atoms with Crippen molar-refractivity contribution in [3.05, 3.63) is 88.9 Å². The van der Waals surface area contributed by atoms with Crippen molar-refractivity contribution in [2.75, 3.05) is 4.90 Å². The van der Waals surface area contributed by atoms with Crippen LogP contribution >= 0.6 is 11.6 Å². The van der Waals surface area contributed by atoms with E-state index in [0.29, 0.717) is 33.3 Å². The number of nitrogens with zero attached hydrogens (tertiary/aromatic N) is 1. The number of benzene rings is 3. The average Bonchev–Trinajstić information content (AvgIpc) is 2.89. The maximum atomic E-state index is 12.5. The third-order valence-electron chi connectivity index (χ3n) is 3.95. The molecule has 3 aromatic carbocycles. The van der Waals surface area contributed by atoms with E-state index in [-0.39, 0.29) is 11.8 Å². The van der Waals surface area contributed by atoms with E-state index in [0.717, 1.165) is 0 Å². The van der Waals surface area contributed by atoms with Crippen molar-refractivity contribution in [1.29, 1.82) is 0 Å². The van der Waals surface area contributed by atoms with Gasteiger partial charge in [0.05, 0.1) is 21.8 Å². The molecule has 122 valence electrons. The highest BCUT2D eigenvalue weighted by molar-refractivity contribution is 6.34. The van der Waals surface area contributed by atoms with Crippen LogP contribution in [0.2, 0.25) is 5.02 Å². The van der Waals surface area contributed by atoms with Crippen molar-refractivity contribution in [3.8, 4) is 11.5 Å². The molecule has 0 aliphatic carbocycles. The minimum Gasteiger partial charge on any atom is -0.456 e. The Labute approximate surface area is 149 Å². The maximum absolute atomic E-state index is 12.5. The lowest BCUT2D eigenvalue weighted by atomic mass is 10.1. The van der Waals surface area contributed by atoms with Crippen LogP contribution in [0.3, 0.4) is 0 Å². The van der Waals surface area contributed by atoms with Gasteiger partial charge in [0.2, 0.25) is 0 Å². The molecule has 0 atom stereocenters. The van der Waals surface area contributed by atoms with Crippen LogP contribution in [-0.4, -0.2) is 11.8 Å². The molecule has 1 aliphatic heterocycles. The first-order valence-corrected chi connectivity index (χ1v) is 8.03. The number of halogens is 1. The van der Waals surface area contributed by atoms with Crippen molar-refractivity contribution in [3.63, 3.8) is 0 Å². The fraction of sp³-hybridized carbons (Fsp3) is 0. The zero-order valence-electron chi connectivity index (χ0n) is 13.0. The van der Waals surface area contributed by atoms with Gasteiger partial charge in [-0.1, -0.05) is 35.9 Å². The van der Waals surface area contributed by atoms with Crippen LogP contribution < -0.4 is 9.64 Å². The molecule has 1 heterocycles. The summed E-state index contributed by atoms with van der Waals surface area (Å²) in [6.07, 6.45) is 0. The molecule has 1 aliphatic rings. The molecular formula is C20H12ClNO3. The Hall–Kier alpha value is -3.11. The number of hydrogen-bond donors (Lipinski definition) is 0. The van der Waals surface area contributed by atoms with Crippen LogP contribution in [0.4, 0.5) is 5.69 Å². The number of amides is 2. The zero-order valence-corrected chi connectivity index (χ0v) is 13.7. The number of fused-ring (bicyclic) bond motifs is 1. The number of rotatable bonds is 3. The largest absolute Gasteiger partial charge is 0.456 e. The van der Waals surface area contributed by atoms with E-state index in [1.807, 2.05) is 12.1 Å². The number of hydrogen-bond acceptors (Lipinski definition) is 3. The first-order valence-electron chi connectivity index (χ1n) is 7.65. The Morgan fingerprint density at radius 2 is 1.28 bits per heavy atom. The summed E-state index contributed by atoms with van der Waals surface area (Å²) in [5, 5.41) is 0.506. The van der Waals surface area contributed by atoms with E-state index in [2.05, 4.69) is 0 Å². The van der Waals surface area contributed by atoms with Crippen LogP contribution in [0.15, 0.2) is 72.8 Å². The molecule has 4 rings (SSSR count). The Balaban J connectivity index is 1.60. The van der Waals surface area contributed by atoms with Gasteiger partial charge in [0.15, 0.2) is 0 Å². The molecule has 5 heteroatoms. The van der Waals surface area contributed by atoms with E-state index in [1.165, 1.54) is 4.90 Å². The Bertz CT molecular complexity index is 947. The summed E-state index contributed by atoms with van der Waals surface area (Å²) < 4.78 is 5.72. The van der Waals surface area contributed by atoms with Crippen molar-refractivity contribution in [1.82, 2.24) is 0 Å². The number of carbonyl (C=O) groups is 2. The summed E-state index contributed by atoms with van der Waals surface area (Å²) in [6, 6.07) is 20.7. The van der Waals surface area contributed by atoms with Gasteiger partial charge in [0.1, 0.15) is 11.5 Å². The summed E-state index contributed by atoms with van der Waals surface area (Å²) >= 11 is 6.08. The second-order valence-corrected chi connectivity index (χ2v) is 5.92. The number of anilines is 1. The van der Waals surface area contributed by atoms with E-state index in [9.17, 15) is 9.59 Å². The van der Waals surface area contributed by atoms with Gasteiger partial charge in [-0.2, -0.15) is 0 Å². The molecule has 0 fully saturated rings. The molecule has 0 spiro atoms. The van der Waals surface area contributed by atoms with E-state index < -0.39 is 0 Å². The fourth-order valence-corrected chi connectivity index (χ4v) is 2.92. The summed E-state index contributed by atoms with van der Waals surface area (Å²) in [5.41, 5.74) is 1.34. The molecule has 25 heavy (non-hydrogen) atoms. The van der Waals surface area contributed by atoms with Crippen LogP contribution in [0.1, 0.15) is 20.7 Å². The normalized spacial score (nSPS) is 13.1. The first-order chi connectivity index (χ1) is 12.1. The highest BCUT2D eigenvalue weighted by atomic mass is 35.5. The van der Waals surface area contributed by atoms with Crippen LogP contribution in [0, 0.1) is 0 Å². The van der Waals surface area contributed by atoms with Gasteiger partial charge in [0, 0.05) is 0 Å². The minimum atomic E-state index is -0.319. The molecule has 3 aromatic rings. The molecule has 2 amide bonds. The topological polar surface area (TPSA) is 46.6 Å². The molecule has 4 nitrogen and oxygen atoms in total. The van der Waals surface area contributed by atoms with Gasteiger partial charge in [-0.15, -0.1) is 0 Å². The molecule has 0 saturated heterocycles. The van der Waals surface area contributed by atoms with Gasteiger partial charge >= 0.3 is 0 Å². The lowest BCUT2D eigenvalue weighted by Gasteiger charge is -2.14. The first kappa shape index (κ1) is 15.4. The number of carbonyl (C=O) groups excluding carboxylic acids is 2. The molecule has 0 saturated carbocycles. The van der Waals surface area contributed by atoms with Gasteiger partial charge < -0.3 is 4.74 Å². The molecule has 0 unspecified atom stereocenters. The highest BCUT2D eigenvalue weighted by Crippen LogP contribution is 2.32. The lowest BCUT2D eigenvalue weighted by Crippen LogP contribution is -2.29. The highest BCUT2D eigenvalue weighted by Gasteiger charge is 2.36. The summed E-state index contributed by atoms with van der Waals surface area (Å²) in [4.78, 5) is 26.1. The van der Waals surface area contributed by atoms with E-state index in [4.69, 9.17) is 16.3 Å². The molecule has 0 aromatic heterocycles. The number of para-hydroxylation sites is 1. The smallest absolute Gasteiger partial charge is 0.266 e. The third-order valence-corrected chi connectivity index (χ3v) is 4.27. The van der Waals surface area contributed by atoms with E-state index in [1.54, 1.807) is 60.7 Å². The summed E-state index contributed by atoms with van der Waals surface area (Å²) in [7, 11) is 0. The van der Waals surface area contributed by atoms with Crippen LogP contribution in [-0.2, 0) is 0 Å². The van der Waals surface area contributed by atoms with Crippen molar-refractivity contribution in [2.45, 2.75) is 0 Å². The fourth-order valence-electron chi connectivity index (χ4n) is 2.74. The SMILES string of the molecule is O=C1c2ccccc2C(=O)N1c1ccc(Oc2ccccc2Cl)cc1. The Morgan fingerprint density at radius 3 is 1.88 bits per heavy atom. The second-order valence-electron chi connectivity index (χ2n) is 5.52. The van der Waals surface area contributed by atoms with Crippen molar-refractivity contribution >= 4 is 29.1 Å². The van der Waals surface area contributed by atoms with Crippen LogP contribution in [0.25, 0.3) is 0 Å². The molecular weight excluding hydrogens is 338 g/mol. The summed E-state index contributed by atoms with van der Waals surface area (Å²) in [5.74, 6) is 0.465. The van der Waals surface area contributed by atoms with Gasteiger partial charge in [-0.25, -0.2) is 4.90 Å². The van der Waals surface area contributed by atoms with Crippen molar-refractivity contribution in [2.24, 2.45) is 0 Å². The molecule has 0 N–H and O–H groups in total. The Morgan fingerprint density at radius 1 is 0.720 bits per heavy atom. The number of ether oxygens (including phenoxy) is 1. The van der Waals surface area contributed by atoms with Crippen LogP contribution in [0.5, 0.6) is 11.5 Å². The standard InChI is InChI=1S/C20H12ClNO3/c21-17-7-3-4-8-18(17)25-14-11-9-13(10-12-14)22-19(23)15-5-1-2-6-16(15)20(22)24/h1-12H. The van der Waals surface area contributed by atoms with Gasteiger partial charge in [-0.05, 0) is 48.5 Å². The quantitative estimate of drug-likeness (QED) is 0.630. The Kier molecular flexibility index (Phi) is 3.75. The number of imide groups is 1. The third kappa shape index (κ3) is 2.66. The van der Waals surface area contributed by atoms with Gasteiger partial charge in [0.25, 0.3) is 11.8 Å². The maximum Gasteiger partial charge on any atom is 0.266 e. The lowest BCUT2D eigenvalue weighted by molar-refractivity contribution is 0.0926. The van der Waals surface area contributed by atoms with Gasteiger partial charge in [-0.3, -0.25) is 9.59 Å². The predicted molar refractivity (Wildman–Crippen MR) is 95.6 cm³/mol. The average molecular weight is 350 g/mol. The monoisotopic (exact) mass is 349 g/mol. The minimum absolute atomic E-state index is 0.319. The molecule has 0 bridgehead atoms. The summed E-state index contributed by atoms with van der Waals surface area (Å²) in [6.45, 7) is 0. The van der Waals surface area contributed by atoms with Crippen molar-refractivity contribution < 1.29 is 14.3 Å². The predicted octanol–water partition coefficient (Wildman–Crippen LogP) is 4.93.